The van der Waals surface area contributed by atoms with Crippen molar-refractivity contribution >= 4 is 11.7 Å². The first-order chi connectivity index (χ1) is 16.0. The number of anilines is 1. The van der Waals surface area contributed by atoms with Crippen LogP contribution in [0.3, 0.4) is 0 Å². The number of hydrogen-bond acceptors (Lipinski definition) is 3. The largest absolute Gasteiger partial charge is 0.493 e. The van der Waals surface area contributed by atoms with Crippen molar-refractivity contribution in [3.63, 3.8) is 0 Å². The van der Waals surface area contributed by atoms with Crippen molar-refractivity contribution in [2.24, 2.45) is 5.92 Å². The highest BCUT2D eigenvalue weighted by molar-refractivity contribution is 5.89. The summed E-state index contributed by atoms with van der Waals surface area (Å²) in [7, 11) is 1.63. The number of ether oxygens (including phenoxy) is 2. The van der Waals surface area contributed by atoms with Gasteiger partial charge in [0.05, 0.1) is 7.11 Å². The highest BCUT2D eigenvalue weighted by Gasteiger charge is 2.17. The van der Waals surface area contributed by atoms with Crippen LogP contribution in [-0.4, -0.2) is 24.6 Å². The predicted molar refractivity (Wildman–Crippen MR) is 134 cm³/mol. The fraction of sp³-hybridized carbons (Fsp3) is 0.321. The second-order valence-corrected chi connectivity index (χ2v) is 8.51. The average Bonchev–Trinajstić information content (AvgIpc) is 2.83. The Hall–Kier alpha value is -3.47. The zero-order chi connectivity index (χ0) is 23.6. The minimum Gasteiger partial charge on any atom is -0.493 e. The molecule has 0 atom stereocenters. The molecule has 174 valence electrons. The normalized spacial score (nSPS) is 10.7. The third-order valence-corrected chi connectivity index (χ3v) is 5.32. The summed E-state index contributed by atoms with van der Waals surface area (Å²) in [5, 5.41) is 3.03. The van der Waals surface area contributed by atoms with Crippen molar-refractivity contribution in [2.45, 2.75) is 40.3 Å². The summed E-state index contributed by atoms with van der Waals surface area (Å²) in [4.78, 5) is 14.9. The Morgan fingerprint density at radius 2 is 1.61 bits per heavy atom. The summed E-state index contributed by atoms with van der Waals surface area (Å²) in [6.07, 6.45) is 0.973. The van der Waals surface area contributed by atoms with Gasteiger partial charge < -0.3 is 19.7 Å². The van der Waals surface area contributed by atoms with Gasteiger partial charge in [0.15, 0.2) is 11.5 Å². The summed E-state index contributed by atoms with van der Waals surface area (Å²) >= 11 is 0. The molecular weight excluding hydrogens is 412 g/mol. The molecule has 0 heterocycles. The first-order valence-corrected chi connectivity index (χ1v) is 11.5. The van der Waals surface area contributed by atoms with Crippen LogP contribution in [0.4, 0.5) is 10.5 Å². The predicted octanol–water partition coefficient (Wildman–Crippen LogP) is 6.53. The molecule has 3 aromatic carbocycles. The number of carbonyl (C=O) groups is 1. The highest BCUT2D eigenvalue weighted by Crippen LogP contribution is 2.29. The molecule has 0 unspecified atom stereocenters. The Morgan fingerprint density at radius 1 is 0.909 bits per heavy atom. The van der Waals surface area contributed by atoms with Gasteiger partial charge in [0.2, 0.25) is 0 Å². The lowest BCUT2D eigenvalue weighted by Crippen LogP contribution is -2.37. The van der Waals surface area contributed by atoms with Gasteiger partial charge in [-0.2, -0.15) is 0 Å². The van der Waals surface area contributed by atoms with Crippen LogP contribution in [0.5, 0.6) is 11.5 Å². The number of rotatable bonds is 10. The molecule has 0 aromatic heterocycles. The van der Waals surface area contributed by atoms with Crippen molar-refractivity contribution in [1.82, 2.24) is 4.90 Å². The zero-order valence-corrected chi connectivity index (χ0v) is 20.0. The number of nitrogens with one attached hydrogen (secondary N) is 1. The number of urea groups is 1. The van der Waals surface area contributed by atoms with Crippen molar-refractivity contribution in [2.75, 3.05) is 19.0 Å². The van der Waals surface area contributed by atoms with E-state index in [1.165, 1.54) is 5.56 Å². The fourth-order valence-corrected chi connectivity index (χ4v) is 3.57. The fourth-order valence-electron chi connectivity index (χ4n) is 3.57. The Balaban J connectivity index is 1.70. The van der Waals surface area contributed by atoms with E-state index < -0.39 is 0 Å². The molecule has 5 heteroatoms. The topological polar surface area (TPSA) is 50.8 Å². The van der Waals surface area contributed by atoms with E-state index in [9.17, 15) is 4.79 Å². The molecule has 0 bridgehead atoms. The second-order valence-electron chi connectivity index (χ2n) is 8.51. The van der Waals surface area contributed by atoms with E-state index in [1.54, 1.807) is 7.11 Å². The minimum absolute atomic E-state index is 0.115. The maximum atomic E-state index is 13.0. The Bertz CT molecular complexity index is 1020. The molecule has 0 fully saturated rings. The summed E-state index contributed by atoms with van der Waals surface area (Å²) in [6.45, 7) is 7.92. The van der Waals surface area contributed by atoms with Crippen LogP contribution >= 0.6 is 0 Å². The molecule has 3 aromatic rings. The molecule has 0 saturated carbocycles. The third-order valence-electron chi connectivity index (χ3n) is 5.32. The molecule has 0 radical (unpaired) electrons. The van der Waals surface area contributed by atoms with Crippen molar-refractivity contribution in [3.8, 4) is 11.5 Å². The van der Waals surface area contributed by atoms with Gasteiger partial charge in [-0.05, 0) is 53.3 Å². The lowest BCUT2D eigenvalue weighted by molar-refractivity contribution is 0.201. The van der Waals surface area contributed by atoms with Crippen LogP contribution < -0.4 is 14.8 Å². The molecule has 0 saturated heterocycles. The Kier molecular flexibility index (Phi) is 8.76. The monoisotopic (exact) mass is 446 g/mol. The Morgan fingerprint density at radius 3 is 2.24 bits per heavy atom. The molecule has 0 aliphatic carbocycles. The van der Waals surface area contributed by atoms with Gasteiger partial charge >= 0.3 is 6.03 Å². The van der Waals surface area contributed by atoms with Gasteiger partial charge in [-0.3, -0.25) is 0 Å². The van der Waals surface area contributed by atoms with Crippen molar-refractivity contribution in [1.29, 1.82) is 0 Å². The molecular formula is C28H34N2O3. The molecule has 5 nitrogen and oxygen atoms in total. The summed E-state index contributed by atoms with van der Waals surface area (Å²) in [5.41, 5.74) is 4.12. The standard InChI is InChI=1S/C28H34N2O3/c1-5-22-11-14-25(15-12-22)29-28(31)30(18-21(2)3)19-24-13-16-26(27(17-24)32-4)33-20-23-9-7-6-8-10-23/h6-17,21H,5,18-20H2,1-4H3,(H,29,31). The van der Waals surface area contributed by atoms with Gasteiger partial charge in [0, 0.05) is 18.8 Å². The zero-order valence-electron chi connectivity index (χ0n) is 20.0. The van der Waals surface area contributed by atoms with Crippen LogP contribution in [0.25, 0.3) is 0 Å². The van der Waals surface area contributed by atoms with Gasteiger partial charge in [0.25, 0.3) is 0 Å². The third kappa shape index (κ3) is 7.28. The van der Waals surface area contributed by atoms with Crippen LogP contribution in [0.1, 0.15) is 37.5 Å². The molecule has 3 rings (SSSR count). The number of benzene rings is 3. The number of carbonyl (C=O) groups excluding carboxylic acids is 1. The van der Waals surface area contributed by atoms with Gasteiger partial charge in [-0.15, -0.1) is 0 Å². The Labute approximate surface area is 197 Å². The van der Waals surface area contributed by atoms with Gasteiger partial charge in [0.1, 0.15) is 6.61 Å². The second kappa shape index (κ2) is 12.0. The lowest BCUT2D eigenvalue weighted by Gasteiger charge is -2.25. The van der Waals surface area contributed by atoms with Crippen LogP contribution in [0, 0.1) is 5.92 Å². The lowest BCUT2D eigenvalue weighted by atomic mass is 10.1. The summed E-state index contributed by atoms with van der Waals surface area (Å²) in [5.74, 6) is 1.68. The maximum absolute atomic E-state index is 13.0. The van der Waals surface area contributed by atoms with E-state index in [1.807, 2.05) is 77.7 Å². The quantitative estimate of drug-likeness (QED) is 0.385. The first kappa shape index (κ1) is 24.2. The van der Waals surface area contributed by atoms with Gasteiger partial charge in [-0.1, -0.05) is 69.3 Å². The average molecular weight is 447 g/mol. The number of amides is 2. The molecule has 1 N–H and O–H groups in total. The minimum atomic E-state index is -0.115. The summed E-state index contributed by atoms with van der Waals surface area (Å²) in [6, 6.07) is 23.7. The van der Waals surface area contributed by atoms with E-state index in [0.717, 1.165) is 23.2 Å². The highest BCUT2D eigenvalue weighted by atomic mass is 16.5. The van der Waals surface area contributed by atoms with Gasteiger partial charge in [-0.25, -0.2) is 4.79 Å². The molecule has 0 spiro atoms. The molecule has 33 heavy (non-hydrogen) atoms. The van der Waals surface area contributed by atoms with Crippen molar-refractivity contribution < 1.29 is 14.3 Å². The van der Waals surface area contributed by atoms with E-state index >= 15 is 0 Å². The SMILES string of the molecule is CCc1ccc(NC(=O)N(Cc2ccc(OCc3ccccc3)c(OC)c2)CC(C)C)cc1. The van der Waals surface area contributed by atoms with Crippen LogP contribution in [0.15, 0.2) is 72.8 Å². The maximum Gasteiger partial charge on any atom is 0.322 e. The van der Waals surface area contributed by atoms with E-state index in [4.69, 9.17) is 9.47 Å². The van der Waals surface area contributed by atoms with E-state index in [0.29, 0.717) is 37.1 Å². The number of methoxy groups -OCH3 is 1. The van der Waals surface area contributed by atoms with E-state index in [2.05, 4.69) is 26.1 Å². The van der Waals surface area contributed by atoms with Crippen LogP contribution in [-0.2, 0) is 19.6 Å². The number of aryl methyl sites for hydroxylation is 1. The molecule has 2 amide bonds. The number of hydrogen-bond donors (Lipinski definition) is 1. The molecule has 0 aliphatic rings. The smallest absolute Gasteiger partial charge is 0.322 e. The van der Waals surface area contributed by atoms with Crippen molar-refractivity contribution in [3.05, 3.63) is 89.5 Å². The van der Waals surface area contributed by atoms with Crippen LogP contribution in [0.2, 0.25) is 0 Å². The summed E-state index contributed by atoms with van der Waals surface area (Å²) < 4.78 is 11.5. The number of nitrogens with zero attached hydrogens (tertiary/aromatic N) is 1. The van der Waals surface area contributed by atoms with E-state index in [-0.39, 0.29) is 6.03 Å². The first-order valence-electron chi connectivity index (χ1n) is 11.5. The molecule has 0 aliphatic heterocycles.